The molecule has 1 atom stereocenters. The Morgan fingerprint density at radius 3 is 2.73 bits per heavy atom. The van der Waals surface area contributed by atoms with Gasteiger partial charge in [0.25, 0.3) is 0 Å². The number of pyridine rings is 2. The number of aromatic nitrogens is 2. The number of nitrogens with one attached hydrogen (secondary N) is 1. The Labute approximate surface area is 125 Å². The zero-order valence-electron chi connectivity index (χ0n) is 11.6. The summed E-state index contributed by atoms with van der Waals surface area (Å²) in [6, 6.07) is 7.85. The Morgan fingerprint density at radius 2 is 1.91 bits per heavy atom. The summed E-state index contributed by atoms with van der Waals surface area (Å²) in [4.78, 5) is 10.4. The molecule has 1 N–H and O–H groups in total. The molecule has 0 saturated carbocycles. The fourth-order valence-electron chi connectivity index (χ4n) is 2.98. The third-order valence-corrected chi connectivity index (χ3v) is 4.05. The van der Waals surface area contributed by atoms with E-state index in [0.717, 1.165) is 37.1 Å². The highest BCUT2D eigenvalue weighted by Crippen LogP contribution is 2.36. The normalized spacial score (nSPS) is 19.8. The molecule has 2 aliphatic heterocycles. The van der Waals surface area contributed by atoms with E-state index in [1.54, 1.807) is 12.1 Å². The number of hydrogen-bond acceptors (Lipinski definition) is 4. The molecule has 2 bridgehead atoms. The molecule has 4 nitrogen and oxygen atoms in total. The molecule has 7 heteroatoms. The molecule has 114 valence electrons. The molecule has 0 radical (unpaired) electrons. The average Bonchev–Trinajstić information content (AvgIpc) is 2.88. The molecule has 1 fully saturated rings. The zero-order chi connectivity index (χ0) is 15.3. The Kier molecular flexibility index (Phi) is 2.79. The SMILES string of the molecule is FC(F)(F)c1cccc(-c2ccc3c(n2)N[C@H]2CCN3C2)n1. The van der Waals surface area contributed by atoms with Gasteiger partial charge in [-0.15, -0.1) is 0 Å². The van der Waals surface area contributed by atoms with Gasteiger partial charge in [0.1, 0.15) is 5.69 Å². The van der Waals surface area contributed by atoms with E-state index in [9.17, 15) is 13.2 Å². The van der Waals surface area contributed by atoms with E-state index in [4.69, 9.17) is 0 Å². The van der Waals surface area contributed by atoms with Crippen molar-refractivity contribution in [2.45, 2.75) is 18.6 Å². The van der Waals surface area contributed by atoms with Gasteiger partial charge in [-0.1, -0.05) is 6.07 Å². The highest BCUT2D eigenvalue weighted by atomic mass is 19.4. The standard InChI is InChI=1S/C15H13F3N4/c16-15(17,18)13-3-1-2-10(20-13)11-4-5-12-14(21-11)19-9-6-7-22(12)8-9/h1-5,9H,6-8H2,(H,19,21)/t9-/m0/s1. The lowest BCUT2D eigenvalue weighted by atomic mass is 10.2. The van der Waals surface area contributed by atoms with Crippen LogP contribution in [0, 0.1) is 0 Å². The number of rotatable bonds is 1. The monoisotopic (exact) mass is 306 g/mol. The maximum atomic E-state index is 12.8. The fraction of sp³-hybridized carbons (Fsp3) is 0.333. The molecule has 4 rings (SSSR count). The molecular weight excluding hydrogens is 293 g/mol. The molecule has 0 spiro atoms. The smallest absolute Gasteiger partial charge is 0.366 e. The highest BCUT2D eigenvalue weighted by Gasteiger charge is 2.33. The summed E-state index contributed by atoms with van der Waals surface area (Å²) in [7, 11) is 0. The summed E-state index contributed by atoms with van der Waals surface area (Å²) in [5.41, 5.74) is 0.776. The zero-order valence-corrected chi connectivity index (χ0v) is 11.6. The highest BCUT2D eigenvalue weighted by molar-refractivity contribution is 5.73. The van der Waals surface area contributed by atoms with Crippen molar-refractivity contribution in [2.24, 2.45) is 0 Å². The minimum atomic E-state index is -4.45. The van der Waals surface area contributed by atoms with Crippen LogP contribution in [0.4, 0.5) is 24.7 Å². The fourth-order valence-corrected chi connectivity index (χ4v) is 2.98. The van der Waals surface area contributed by atoms with Gasteiger partial charge in [0.2, 0.25) is 0 Å². The van der Waals surface area contributed by atoms with Crippen LogP contribution in [-0.4, -0.2) is 29.1 Å². The largest absolute Gasteiger partial charge is 0.433 e. The maximum absolute atomic E-state index is 12.8. The summed E-state index contributed by atoms with van der Waals surface area (Å²) in [5, 5.41) is 3.34. The first-order chi connectivity index (χ1) is 10.5. The Morgan fingerprint density at radius 1 is 1.09 bits per heavy atom. The van der Waals surface area contributed by atoms with Gasteiger partial charge in [-0.3, -0.25) is 0 Å². The van der Waals surface area contributed by atoms with Crippen LogP contribution in [0.3, 0.4) is 0 Å². The van der Waals surface area contributed by atoms with Crippen molar-refractivity contribution in [1.29, 1.82) is 0 Å². The number of halogens is 3. The molecule has 2 aliphatic rings. The molecule has 0 aromatic carbocycles. The summed E-state index contributed by atoms with van der Waals surface area (Å²) >= 11 is 0. The van der Waals surface area contributed by atoms with Gasteiger partial charge in [0.15, 0.2) is 5.82 Å². The van der Waals surface area contributed by atoms with Crippen LogP contribution >= 0.6 is 0 Å². The lowest BCUT2D eigenvalue weighted by molar-refractivity contribution is -0.141. The second kappa shape index (κ2) is 4.59. The van der Waals surface area contributed by atoms with Gasteiger partial charge in [-0.05, 0) is 30.7 Å². The molecule has 22 heavy (non-hydrogen) atoms. The predicted octanol–water partition coefficient (Wildman–Crippen LogP) is 3.17. The van der Waals surface area contributed by atoms with Crippen LogP contribution in [0.1, 0.15) is 12.1 Å². The van der Waals surface area contributed by atoms with Crippen molar-refractivity contribution in [3.05, 3.63) is 36.0 Å². The predicted molar refractivity (Wildman–Crippen MR) is 76.7 cm³/mol. The van der Waals surface area contributed by atoms with Crippen LogP contribution in [0.2, 0.25) is 0 Å². The molecule has 0 amide bonds. The lowest BCUT2D eigenvalue weighted by Crippen LogP contribution is -2.32. The van der Waals surface area contributed by atoms with Crippen molar-refractivity contribution >= 4 is 11.5 Å². The number of fused-ring (bicyclic) bond motifs is 4. The van der Waals surface area contributed by atoms with Crippen LogP contribution in [0.25, 0.3) is 11.4 Å². The average molecular weight is 306 g/mol. The van der Waals surface area contributed by atoms with Crippen molar-refractivity contribution < 1.29 is 13.2 Å². The van der Waals surface area contributed by atoms with Gasteiger partial charge >= 0.3 is 6.18 Å². The third-order valence-electron chi connectivity index (χ3n) is 4.05. The van der Waals surface area contributed by atoms with E-state index in [0.29, 0.717) is 11.7 Å². The van der Waals surface area contributed by atoms with Crippen molar-refractivity contribution in [2.75, 3.05) is 23.3 Å². The Hall–Kier alpha value is -2.31. The first-order valence-electron chi connectivity index (χ1n) is 7.08. The minimum Gasteiger partial charge on any atom is -0.366 e. The van der Waals surface area contributed by atoms with E-state index in [-0.39, 0.29) is 5.69 Å². The molecule has 0 unspecified atom stereocenters. The number of alkyl halides is 3. The first kappa shape index (κ1) is 13.4. The first-order valence-corrected chi connectivity index (χ1v) is 7.08. The molecule has 2 aromatic rings. The molecule has 4 heterocycles. The van der Waals surface area contributed by atoms with Crippen molar-refractivity contribution in [1.82, 2.24) is 9.97 Å². The number of nitrogens with zero attached hydrogens (tertiary/aromatic N) is 3. The van der Waals surface area contributed by atoms with E-state index < -0.39 is 11.9 Å². The summed E-state index contributed by atoms with van der Waals surface area (Å²) < 4.78 is 38.3. The summed E-state index contributed by atoms with van der Waals surface area (Å²) in [6.45, 7) is 1.93. The van der Waals surface area contributed by atoms with Crippen LogP contribution in [0.15, 0.2) is 30.3 Å². The summed E-state index contributed by atoms with van der Waals surface area (Å²) in [5.74, 6) is 0.727. The van der Waals surface area contributed by atoms with E-state index in [2.05, 4.69) is 20.2 Å². The molecule has 1 saturated heterocycles. The molecule has 0 aliphatic carbocycles. The van der Waals surface area contributed by atoms with Crippen LogP contribution < -0.4 is 10.2 Å². The van der Waals surface area contributed by atoms with E-state index >= 15 is 0 Å². The minimum absolute atomic E-state index is 0.229. The quantitative estimate of drug-likeness (QED) is 0.878. The van der Waals surface area contributed by atoms with Crippen molar-refractivity contribution in [3.8, 4) is 11.4 Å². The van der Waals surface area contributed by atoms with Crippen molar-refractivity contribution in [3.63, 3.8) is 0 Å². The van der Waals surface area contributed by atoms with Gasteiger partial charge < -0.3 is 10.2 Å². The molecule has 2 aromatic heterocycles. The maximum Gasteiger partial charge on any atom is 0.433 e. The van der Waals surface area contributed by atoms with Gasteiger partial charge in [0.05, 0.1) is 17.1 Å². The second-order valence-corrected chi connectivity index (χ2v) is 5.55. The van der Waals surface area contributed by atoms with Crippen LogP contribution in [-0.2, 0) is 6.18 Å². The lowest BCUT2D eigenvalue weighted by Gasteiger charge is -2.27. The number of hydrogen-bond donors (Lipinski definition) is 1. The van der Waals surface area contributed by atoms with Crippen LogP contribution in [0.5, 0.6) is 0 Å². The topological polar surface area (TPSA) is 41.1 Å². The Bertz CT molecular complexity index is 729. The Balaban J connectivity index is 1.74. The van der Waals surface area contributed by atoms with Gasteiger partial charge in [0, 0.05) is 19.1 Å². The number of anilines is 2. The van der Waals surface area contributed by atoms with Gasteiger partial charge in [-0.25, -0.2) is 9.97 Å². The van der Waals surface area contributed by atoms with E-state index in [1.807, 2.05) is 6.07 Å². The van der Waals surface area contributed by atoms with E-state index in [1.165, 1.54) is 6.07 Å². The van der Waals surface area contributed by atoms with Gasteiger partial charge in [-0.2, -0.15) is 13.2 Å². The summed E-state index contributed by atoms with van der Waals surface area (Å²) in [6.07, 6.45) is -3.40. The molecular formula is C15H13F3N4. The third kappa shape index (κ3) is 2.17. The second-order valence-electron chi connectivity index (χ2n) is 5.55.